The van der Waals surface area contributed by atoms with Gasteiger partial charge in [-0.05, 0) is 71.8 Å². The Balaban J connectivity index is -0.000000409. The third-order valence-corrected chi connectivity index (χ3v) is 9.31. The molecule has 4 fully saturated rings. The van der Waals surface area contributed by atoms with Crippen molar-refractivity contribution >= 4 is 63.1 Å². The van der Waals surface area contributed by atoms with Gasteiger partial charge in [-0.3, -0.25) is 43.0 Å². The minimum Gasteiger partial charge on any atom is -1.00 e. The standard InChI is InChI=1S/2C6H11NO5S.C6H11NO2.C5H10N2O5S.C5H5N.CH4.K.HO4P.H/c2*1-4-5(8)7(6(4,2)3)12-13(9,10)11;1-4-5(8)7(9)6(4,2)3;1-5(2)3(6)4(8)7(5)12-13(9,10)11;1-2-4-6-5-3-1;;;1-4-5(2)3;/h2*4H,1-3H3,(H,9,10,11);4,9H,1-3H3;3H,6H2,1-2H3,(H,9,10,11);1-5H;1H4;;1H;/q;;;;;;+1;;-1/t3*4-;3-;;;;;/m1111...../s1/i3*2D3;1D3;;;;;/t3*4-,6+;3-,5+;;;;;. The Labute approximate surface area is 416 Å². The molecule has 5 rings (SSSR count). The smallest absolute Gasteiger partial charge is 1.00 e. The van der Waals surface area contributed by atoms with Gasteiger partial charge in [-0.25, -0.2) is 10.3 Å². The number of β-lactam (4-membered cyclic amide) rings is 4. The molecule has 9 atom stereocenters. The Hall–Kier alpha value is -1.82. The number of hydroxylamine groups is 8. The summed E-state index contributed by atoms with van der Waals surface area (Å²) in [6, 6.07) is 4.30. The Morgan fingerprint density at radius 2 is 1.00 bits per heavy atom. The van der Waals surface area contributed by atoms with Gasteiger partial charge in [0.15, 0.2) is 0 Å². The van der Waals surface area contributed by atoms with Crippen molar-refractivity contribution < 1.29 is 165 Å². The van der Waals surface area contributed by atoms with Crippen molar-refractivity contribution in [3.63, 3.8) is 0 Å². The zero-order valence-electron chi connectivity index (χ0n) is 45.4. The number of nitrogens with zero attached hydrogens (tertiary/aromatic N) is 5. The van der Waals surface area contributed by atoms with E-state index in [1.54, 1.807) is 12.4 Å². The average molecular weight is 1000 g/mol. The van der Waals surface area contributed by atoms with E-state index in [1.165, 1.54) is 27.7 Å². The van der Waals surface area contributed by atoms with Crippen LogP contribution in [0.25, 0.3) is 0 Å². The van der Waals surface area contributed by atoms with Crippen LogP contribution >= 0.6 is 8.25 Å². The summed E-state index contributed by atoms with van der Waals surface area (Å²) < 4.78 is 197. The number of pyridine rings is 1. The summed E-state index contributed by atoms with van der Waals surface area (Å²) >= 11 is 0. The van der Waals surface area contributed by atoms with Gasteiger partial charge in [-0.2, -0.15) is 40.4 Å². The molecule has 0 aliphatic carbocycles. The summed E-state index contributed by atoms with van der Waals surface area (Å²) in [5.41, 5.74) is -1.64. The first-order valence-electron chi connectivity index (χ1n) is 21.4. The Bertz CT molecular complexity index is 2230. The van der Waals surface area contributed by atoms with Crippen LogP contribution in [0.1, 0.15) is 101 Å². The van der Waals surface area contributed by atoms with Gasteiger partial charge in [0.25, 0.3) is 23.6 Å². The molecule has 4 aliphatic rings. The molecular weight excluding hydrogens is 935 g/mol. The second-order valence-electron chi connectivity index (χ2n) is 12.6. The third kappa shape index (κ3) is 17.9. The summed E-state index contributed by atoms with van der Waals surface area (Å²) in [6.45, 7) is -1.41. The minimum atomic E-state index is -4.97. The van der Waals surface area contributed by atoms with Crippen molar-refractivity contribution in [2.45, 2.75) is 111 Å². The van der Waals surface area contributed by atoms with E-state index >= 15 is 0 Å². The second-order valence-corrected chi connectivity index (χ2v) is 16.2. The third-order valence-electron chi connectivity index (χ3n) is 8.17. The first kappa shape index (κ1) is 43.1. The molecule has 4 amide bonds. The van der Waals surface area contributed by atoms with Gasteiger partial charge in [0, 0.05) is 33.5 Å². The van der Waals surface area contributed by atoms with Crippen LogP contribution in [0.2, 0.25) is 0 Å². The van der Waals surface area contributed by atoms with Gasteiger partial charge in [0.1, 0.15) is 6.04 Å². The summed E-state index contributed by atoms with van der Waals surface area (Å²) in [6.07, 6.45) is 3.50. The molecule has 1 aromatic heterocycles. The molecule has 0 spiro atoms. The van der Waals surface area contributed by atoms with E-state index < -0.39 is 136 Å². The number of aromatic nitrogens is 1. The van der Waals surface area contributed by atoms with Crippen molar-refractivity contribution in [2.75, 3.05) is 0 Å². The quantitative estimate of drug-likeness (QED) is 0.0315. The molecule has 0 radical (unpaired) electrons. The molecule has 5 heterocycles. The summed E-state index contributed by atoms with van der Waals surface area (Å²) in [5, 5.41) is 16.8. The Morgan fingerprint density at radius 1 is 0.705 bits per heavy atom. The van der Waals surface area contributed by atoms with Crippen LogP contribution in [-0.4, -0.2) is 126 Å². The van der Waals surface area contributed by atoms with Gasteiger partial charge < -0.3 is 12.1 Å². The van der Waals surface area contributed by atoms with Gasteiger partial charge in [-0.1, -0.05) is 34.3 Å². The van der Waals surface area contributed by atoms with Crippen molar-refractivity contribution in [1.29, 1.82) is 0 Å². The summed E-state index contributed by atoms with van der Waals surface area (Å²) in [4.78, 5) is 57.3. The second kappa shape index (κ2) is 23.9. The molecule has 32 heteroatoms. The molecule has 0 bridgehead atoms. The first-order valence-corrected chi connectivity index (χ1v) is 20.5. The van der Waals surface area contributed by atoms with Crippen LogP contribution in [-0.2, 0) is 72.5 Å². The first-order chi connectivity index (χ1) is 31.2. The molecule has 7 N–H and O–H groups in total. The molecule has 61 heavy (non-hydrogen) atoms. The van der Waals surface area contributed by atoms with Crippen molar-refractivity contribution in [1.82, 2.24) is 25.2 Å². The monoisotopic (exact) mass is 1000 g/mol. The number of hydrogen-bond donors (Lipinski definition) is 6. The number of nitrogens with two attached hydrogens (primary N) is 1. The number of rotatable bonds is 7. The normalized spacial score (nSPS) is 33.9. The van der Waals surface area contributed by atoms with Crippen molar-refractivity contribution in [3.05, 3.63) is 30.6 Å². The molecule has 0 aromatic carbocycles. The summed E-state index contributed by atoms with van der Waals surface area (Å²) in [5.74, 6) is -5.66. The fraction of sp³-hybridized carbons (Fsp3) is 0.690. The van der Waals surface area contributed by atoms with E-state index in [-0.39, 0.29) is 75.4 Å². The molecular formula is C29H54KN6O21PS3. The Kier molecular flexibility index (Phi) is 16.9. The molecule has 4 aliphatic heterocycles. The van der Waals surface area contributed by atoms with Crippen molar-refractivity contribution in [2.24, 2.45) is 23.5 Å². The van der Waals surface area contributed by atoms with E-state index in [2.05, 4.69) is 22.5 Å². The molecule has 1 aromatic rings. The van der Waals surface area contributed by atoms with Crippen LogP contribution in [0.4, 0.5) is 0 Å². The number of carbonyl (C=O) groups is 4. The van der Waals surface area contributed by atoms with E-state index in [0.29, 0.717) is 5.06 Å². The van der Waals surface area contributed by atoms with E-state index in [9.17, 15) is 44.4 Å². The van der Waals surface area contributed by atoms with Crippen LogP contribution in [0, 0.1) is 17.8 Å². The SMILES string of the molecule is C.O=[P+]([O-])OO.[2H]C([2H])([2H])[C@]1(C)[C@H](C)C(=O)N1O.[2H]C([2H])([2H])[C@]1(C)[C@H](C)C(=O)N1OS(=O)(=O)O.[2H]C([2H])([2H])[C@]1(C)[C@H](C)C(=O)N1OS(=O)(=O)O.[2H]C([2H])([2H])[C@]1(C)[C@H](N)C(=O)N1OS(=O)(=O)O.[H-].[K+].c1ccncc1. The summed E-state index contributed by atoms with van der Waals surface area (Å²) in [7, 11) is -17.8. The predicted molar refractivity (Wildman–Crippen MR) is 202 cm³/mol. The fourth-order valence-electron chi connectivity index (χ4n) is 3.87. The van der Waals surface area contributed by atoms with Gasteiger partial charge in [0.2, 0.25) is 0 Å². The number of hydrogen-bond acceptors (Lipinski definition) is 20. The molecule has 27 nitrogen and oxygen atoms in total. The van der Waals surface area contributed by atoms with Crippen LogP contribution in [0.15, 0.2) is 30.6 Å². The zero-order valence-corrected chi connectivity index (χ0v) is 38.9. The molecule has 1 unspecified atom stereocenters. The zero-order chi connectivity index (χ0) is 57.1. The molecule has 0 saturated carbocycles. The van der Waals surface area contributed by atoms with Gasteiger partial charge in [0.05, 0.1) is 39.9 Å². The minimum absolute atomic E-state index is 0. The maximum absolute atomic E-state index is 11.3. The average Bonchev–Trinajstić information content (AvgIpc) is 3.23. The van der Waals surface area contributed by atoms with Crippen LogP contribution < -0.4 is 62.0 Å². The van der Waals surface area contributed by atoms with E-state index in [1.807, 2.05) is 18.2 Å². The molecule has 350 valence electrons. The number of amides is 4. The Morgan fingerprint density at radius 3 is 1.20 bits per heavy atom. The van der Waals surface area contributed by atoms with Gasteiger partial charge in [-0.15, -0.1) is 12.9 Å². The predicted octanol–water partition coefficient (Wildman–Crippen LogP) is -2.42. The maximum Gasteiger partial charge on any atom is 1.00 e. The van der Waals surface area contributed by atoms with E-state index in [4.69, 9.17) is 55.8 Å². The molecule has 4 saturated heterocycles. The van der Waals surface area contributed by atoms with Crippen molar-refractivity contribution in [3.8, 4) is 0 Å². The maximum atomic E-state index is 11.3. The fourth-order valence-corrected chi connectivity index (χ4v) is 5.12. The number of carbonyl (C=O) groups excluding carboxylic acids is 4. The van der Waals surface area contributed by atoms with Crippen LogP contribution in [0.5, 0.6) is 0 Å². The van der Waals surface area contributed by atoms with E-state index in [0.717, 1.165) is 20.8 Å². The van der Waals surface area contributed by atoms with Gasteiger partial charge >= 0.3 is 90.8 Å². The largest absolute Gasteiger partial charge is 1.00 e. The van der Waals surface area contributed by atoms with Crippen LogP contribution in [0.3, 0.4) is 0 Å². The topological polar surface area (TPSA) is 401 Å².